The Morgan fingerprint density at radius 3 is 2.35 bits per heavy atom. The number of carbonyl (C=O) groups is 1. The second kappa shape index (κ2) is 9.49. The maximum Gasteiger partial charge on any atom is 0.271 e. The first-order valence-corrected chi connectivity index (χ1v) is 10.4. The molecule has 0 bridgehead atoms. The minimum atomic E-state index is -0.638. The fraction of sp³-hybridized carbons (Fsp3) is 0.0833. The largest absolute Gasteiger partial charge is 0.489 e. The van der Waals surface area contributed by atoms with Crippen LogP contribution in [0, 0.1) is 11.6 Å². The molecule has 3 aromatic carbocycles. The summed E-state index contributed by atoms with van der Waals surface area (Å²) in [5, 5.41) is 5.29. The van der Waals surface area contributed by atoms with Crippen LogP contribution < -0.4 is 10.1 Å². The number of hydrogen-bond donors (Lipinski definition) is 1. The molecule has 31 heavy (non-hydrogen) atoms. The molecule has 7 heteroatoms. The van der Waals surface area contributed by atoms with Gasteiger partial charge in [0.05, 0.1) is 0 Å². The van der Waals surface area contributed by atoms with E-state index in [2.05, 4.69) is 10.3 Å². The van der Waals surface area contributed by atoms with Gasteiger partial charge in [0.15, 0.2) is 0 Å². The molecule has 4 aromatic rings. The Labute approximate surface area is 182 Å². The number of aromatic nitrogens is 1. The predicted octanol–water partition coefficient (Wildman–Crippen LogP) is 5.60. The summed E-state index contributed by atoms with van der Waals surface area (Å²) in [4.78, 5) is 16.8. The van der Waals surface area contributed by atoms with E-state index >= 15 is 0 Å². The van der Waals surface area contributed by atoms with Crippen molar-refractivity contribution in [3.05, 3.63) is 107 Å². The van der Waals surface area contributed by atoms with Crippen LogP contribution >= 0.6 is 11.3 Å². The van der Waals surface area contributed by atoms with Gasteiger partial charge in [0.25, 0.3) is 5.91 Å². The molecule has 0 atom stereocenters. The van der Waals surface area contributed by atoms with Crippen LogP contribution in [-0.2, 0) is 13.2 Å². The van der Waals surface area contributed by atoms with Gasteiger partial charge in [-0.15, -0.1) is 11.3 Å². The molecule has 0 saturated heterocycles. The van der Waals surface area contributed by atoms with Gasteiger partial charge in [-0.05, 0) is 47.5 Å². The highest BCUT2D eigenvalue weighted by atomic mass is 32.1. The van der Waals surface area contributed by atoms with E-state index in [0.29, 0.717) is 28.6 Å². The van der Waals surface area contributed by atoms with Crippen LogP contribution in [0.1, 0.15) is 21.6 Å². The van der Waals surface area contributed by atoms with Gasteiger partial charge < -0.3 is 10.1 Å². The van der Waals surface area contributed by atoms with Crippen LogP contribution in [0.3, 0.4) is 0 Å². The van der Waals surface area contributed by atoms with Crippen molar-refractivity contribution < 1.29 is 18.3 Å². The van der Waals surface area contributed by atoms with Crippen LogP contribution in [0.15, 0.2) is 78.2 Å². The Hall–Kier alpha value is -3.58. The third-order valence-corrected chi connectivity index (χ3v) is 5.35. The van der Waals surface area contributed by atoms with Crippen LogP contribution in [0.4, 0.5) is 8.78 Å². The van der Waals surface area contributed by atoms with E-state index < -0.39 is 11.6 Å². The van der Waals surface area contributed by atoms with E-state index in [1.165, 1.54) is 23.5 Å². The lowest BCUT2D eigenvalue weighted by molar-refractivity contribution is 0.0946. The van der Waals surface area contributed by atoms with Crippen molar-refractivity contribution in [2.75, 3.05) is 0 Å². The van der Waals surface area contributed by atoms with Crippen molar-refractivity contribution in [1.82, 2.24) is 10.3 Å². The fourth-order valence-corrected chi connectivity index (χ4v) is 3.74. The van der Waals surface area contributed by atoms with Crippen molar-refractivity contribution >= 4 is 17.2 Å². The Balaban J connectivity index is 1.35. The van der Waals surface area contributed by atoms with Gasteiger partial charge in [0.2, 0.25) is 0 Å². The number of halogens is 2. The van der Waals surface area contributed by atoms with E-state index in [9.17, 15) is 13.6 Å². The second-order valence-electron chi connectivity index (χ2n) is 6.80. The molecule has 0 spiro atoms. The number of benzene rings is 3. The summed E-state index contributed by atoms with van der Waals surface area (Å²) in [6, 6.07) is 20.1. The summed E-state index contributed by atoms with van der Waals surface area (Å²) < 4.78 is 32.1. The first-order valence-electron chi connectivity index (χ1n) is 9.53. The molecule has 0 saturated carbocycles. The lowest BCUT2D eigenvalue weighted by atomic mass is 10.2. The average Bonchev–Trinajstić information content (AvgIpc) is 3.27. The van der Waals surface area contributed by atoms with Crippen LogP contribution in [-0.4, -0.2) is 10.9 Å². The van der Waals surface area contributed by atoms with Gasteiger partial charge >= 0.3 is 0 Å². The number of thiazole rings is 1. The molecule has 0 aliphatic rings. The average molecular weight is 436 g/mol. The Morgan fingerprint density at radius 2 is 1.65 bits per heavy atom. The standard InChI is InChI=1S/C24H18F2N2O2S/c25-19-10-17(11-20(26)12-19)14-30-21-8-6-18(7-9-21)24-28-22(15-31-24)23(29)27-13-16-4-2-1-3-5-16/h1-12,15H,13-14H2,(H,27,29). The molecule has 0 aliphatic carbocycles. The smallest absolute Gasteiger partial charge is 0.271 e. The zero-order valence-corrected chi connectivity index (χ0v) is 17.2. The third kappa shape index (κ3) is 5.52. The summed E-state index contributed by atoms with van der Waals surface area (Å²) in [6.07, 6.45) is 0. The topological polar surface area (TPSA) is 51.2 Å². The highest BCUT2D eigenvalue weighted by molar-refractivity contribution is 7.13. The SMILES string of the molecule is O=C(NCc1ccccc1)c1csc(-c2ccc(OCc3cc(F)cc(F)c3)cc2)n1. The number of amides is 1. The zero-order valence-electron chi connectivity index (χ0n) is 16.3. The Bertz CT molecular complexity index is 1160. The summed E-state index contributed by atoms with van der Waals surface area (Å²) in [5.74, 6) is -0.943. The summed E-state index contributed by atoms with van der Waals surface area (Å²) in [7, 11) is 0. The van der Waals surface area contributed by atoms with Gasteiger partial charge in [-0.2, -0.15) is 0 Å². The summed E-state index contributed by atoms with van der Waals surface area (Å²) in [6.45, 7) is 0.491. The van der Waals surface area contributed by atoms with Crippen molar-refractivity contribution in [2.24, 2.45) is 0 Å². The molecule has 0 unspecified atom stereocenters. The number of nitrogens with zero attached hydrogens (tertiary/aromatic N) is 1. The molecule has 4 nitrogen and oxygen atoms in total. The minimum Gasteiger partial charge on any atom is -0.489 e. The van der Waals surface area contributed by atoms with Crippen LogP contribution in [0.2, 0.25) is 0 Å². The molecule has 0 fully saturated rings. The second-order valence-corrected chi connectivity index (χ2v) is 7.66. The molecule has 0 radical (unpaired) electrons. The number of rotatable bonds is 7. The maximum atomic E-state index is 13.3. The van der Waals surface area contributed by atoms with Gasteiger partial charge in [0.1, 0.15) is 34.7 Å². The molecule has 1 amide bonds. The molecule has 4 rings (SSSR count). The summed E-state index contributed by atoms with van der Waals surface area (Å²) >= 11 is 1.38. The van der Waals surface area contributed by atoms with E-state index in [4.69, 9.17) is 4.74 Å². The van der Waals surface area contributed by atoms with Crippen molar-refractivity contribution in [1.29, 1.82) is 0 Å². The number of ether oxygens (including phenoxy) is 1. The van der Waals surface area contributed by atoms with E-state index in [1.54, 1.807) is 17.5 Å². The van der Waals surface area contributed by atoms with Gasteiger partial charge in [0, 0.05) is 23.6 Å². The highest BCUT2D eigenvalue weighted by Gasteiger charge is 2.12. The van der Waals surface area contributed by atoms with Crippen LogP contribution in [0.5, 0.6) is 5.75 Å². The van der Waals surface area contributed by atoms with Gasteiger partial charge in [-0.1, -0.05) is 30.3 Å². The molecule has 1 heterocycles. The summed E-state index contributed by atoms with van der Waals surface area (Å²) in [5.41, 5.74) is 2.64. The van der Waals surface area contributed by atoms with Gasteiger partial charge in [-0.3, -0.25) is 4.79 Å². The number of nitrogens with one attached hydrogen (secondary N) is 1. The molecule has 156 valence electrons. The van der Waals surface area contributed by atoms with Crippen molar-refractivity contribution in [3.63, 3.8) is 0 Å². The number of hydrogen-bond acceptors (Lipinski definition) is 4. The van der Waals surface area contributed by atoms with E-state index in [1.807, 2.05) is 42.5 Å². The first-order chi connectivity index (χ1) is 15.1. The van der Waals surface area contributed by atoms with E-state index in [-0.39, 0.29) is 12.5 Å². The predicted molar refractivity (Wildman–Crippen MR) is 116 cm³/mol. The van der Waals surface area contributed by atoms with Crippen molar-refractivity contribution in [2.45, 2.75) is 13.2 Å². The Morgan fingerprint density at radius 1 is 0.935 bits per heavy atom. The fourth-order valence-electron chi connectivity index (χ4n) is 2.93. The van der Waals surface area contributed by atoms with Gasteiger partial charge in [-0.25, -0.2) is 13.8 Å². The monoisotopic (exact) mass is 436 g/mol. The zero-order chi connectivity index (χ0) is 21.6. The molecular weight excluding hydrogens is 418 g/mol. The van der Waals surface area contributed by atoms with Crippen LogP contribution in [0.25, 0.3) is 10.6 Å². The Kier molecular flexibility index (Phi) is 6.33. The van der Waals surface area contributed by atoms with E-state index in [0.717, 1.165) is 17.2 Å². The minimum absolute atomic E-state index is 0.0526. The third-order valence-electron chi connectivity index (χ3n) is 4.46. The molecular formula is C24H18F2N2O2S. The lowest BCUT2D eigenvalue weighted by Gasteiger charge is -2.07. The maximum absolute atomic E-state index is 13.3. The van der Waals surface area contributed by atoms with Crippen molar-refractivity contribution in [3.8, 4) is 16.3 Å². The first kappa shape index (κ1) is 20.7. The highest BCUT2D eigenvalue weighted by Crippen LogP contribution is 2.26. The molecule has 0 aliphatic heterocycles. The molecule has 1 aromatic heterocycles. The number of carbonyl (C=O) groups excluding carboxylic acids is 1. The quantitative estimate of drug-likeness (QED) is 0.410. The molecule has 1 N–H and O–H groups in total. The normalized spacial score (nSPS) is 10.6. The lowest BCUT2D eigenvalue weighted by Crippen LogP contribution is -2.23.